The molecule has 1 aromatic heterocycles. The number of hydrogen-bond acceptors (Lipinski definition) is 3. The highest BCUT2D eigenvalue weighted by atomic mass is 16.2. The number of pyridine rings is 1. The largest absolute Gasteiger partial charge is 0.360 e. The standard InChI is InChI=1S/C19H25N3O2/c1-13-9-14(2)12-22(11-13)8-7-20-19(24)16-10-21-17-6-4-3-5-15(17)18(16)23/h3-6,10,13-14H,7-9,11-12H2,1-2H3,(H,20,24)(H,21,23)/t13-,14-/m1/s1. The molecule has 24 heavy (non-hydrogen) atoms. The van der Waals surface area contributed by atoms with Crippen molar-refractivity contribution in [3.8, 4) is 0 Å². The summed E-state index contributed by atoms with van der Waals surface area (Å²) in [5, 5.41) is 3.43. The summed E-state index contributed by atoms with van der Waals surface area (Å²) in [5.74, 6) is 1.10. The third-order valence-corrected chi connectivity index (χ3v) is 4.69. The number of fused-ring (bicyclic) bond motifs is 1. The molecular formula is C19H25N3O2. The van der Waals surface area contributed by atoms with Crippen molar-refractivity contribution >= 4 is 16.8 Å². The van der Waals surface area contributed by atoms with Gasteiger partial charge in [-0.2, -0.15) is 0 Å². The topological polar surface area (TPSA) is 65.2 Å². The molecule has 1 aliphatic rings. The second-order valence-electron chi connectivity index (χ2n) is 7.04. The summed E-state index contributed by atoms with van der Waals surface area (Å²) in [6.45, 7) is 8.09. The van der Waals surface area contributed by atoms with Crippen molar-refractivity contribution in [3.05, 3.63) is 46.2 Å². The number of rotatable bonds is 4. The minimum atomic E-state index is -0.305. The van der Waals surface area contributed by atoms with Crippen molar-refractivity contribution in [2.75, 3.05) is 26.2 Å². The van der Waals surface area contributed by atoms with Crippen LogP contribution in [0.25, 0.3) is 10.9 Å². The zero-order chi connectivity index (χ0) is 17.1. The summed E-state index contributed by atoms with van der Waals surface area (Å²) in [6, 6.07) is 7.23. The maximum atomic E-state index is 12.4. The Labute approximate surface area is 142 Å². The number of benzene rings is 1. The number of hydrogen-bond donors (Lipinski definition) is 2. The lowest BCUT2D eigenvalue weighted by Gasteiger charge is -2.34. The molecule has 0 bridgehead atoms. The van der Waals surface area contributed by atoms with E-state index in [1.807, 2.05) is 12.1 Å². The monoisotopic (exact) mass is 327 g/mol. The van der Waals surface area contributed by atoms with E-state index in [0.717, 1.165) is 25.2 Å². The van der Waals surface area contributed by atoms with Gasteiger partial charge in [-0.05, 0) is 30.4 Å². The van der Waals surface area contributed by atoms with Gasteiger partial charge in [-0.1, -0.05) is 26.0 Å². The van der Waals surface area contributed by atoms with E-state index in [1.54, 1.807) is 12.1 Å². The molecule has 1 aromatic carbocycles. The predicted molar refractivity (Wildman–Crippen MR) is 96.3 cm³/mol. The first-order chi connectivity index (χ1) is 11.5. The Balaban J connectivity index is 1.61. The van der Waals surface area contributed by atoms with Crippen LogP contribution >= 0.6 is 0 Å². The minimum Gasteiger partial charge on any atom is -0.360 e. The Morgan fingerprint density at radius 3 is 2.71 bits per heavy atom. The summed E-state index contributed by atoms with van der Waals surface area (Å²) >= 11 is 0. The number of carbonyl (C=O) groups is 1. The molecule has 5 heteroatoms. The number of H-pyrrole nitrogens is 1. The summed E-state index contributed by atoms with van der Waals surface area (Å²) in [4.78, 5) is 30.2. The van der Waals surface area contributed by atoms with Crippen molar-refractivity contribution in [1.29, 1.82) is 0 Å². The average Bonchev–Trinajstić information content (AvgIpc) is 2.54. The number of aromatic amines is 1. The van der Waals surface area contributed by atoms with Crippen LogP contribution in [0.3, 0.4) is 0 Å². The molecule has 2 aromatic rings. The Hall–Kier alpha value is -2.14. The van der Waals surface area contributed by atoms with Gasteiger partial charge in [-0.15, -0.1) is 0 Å². The second kappa shape index (κ2) is 7.18. The van der Waals surface area contributed by atoms with Crippen molar-refractivity contribution < 1.29 is 4.79 Å². The van der Waals surface area contributed by atoms with Gasteiger partial charge in [0.1, 0.15) is 5.56 Å². The summed E-state index contributed by atoms with van der Waals surface area (Å²) in [7, 11) is 0. The van der Waals surface area contributed by atoms with Crippen molar-refractivity contribution in [2.45, 2.75) is 20.3 Å². The molecule has 1 fully saturated rings. The maximum absolute atomic E-state index is 12.4. The van der Waals surface area contributed by atoms with Gasteiger partial charge in [-0.25, -0.2) is 0 Å². The molecule has 1 aliphatic heterocycles. The summed E-state index contributed by atoms with van der Waals surface area (Å²) in [6.07, 6.45) is 2.78. The van der Waals surface area contributed by atoms with E-state index in [4.69, 9.17) is 0 Å². The van der Waals surface area contributed by atoms with Crippen molar-refractivity contribution in [3.63, 3.8) is 0 Å². The van der Waals surface area contributed by atoms with E-state index in [2.05, 4.69) is 29.0 Å². The smallest absolute Gasteiger partial charge is 0.256 e. The highest BCUT2D eigenvalue weighted by molar-refractivity contribution is 5.97. The van der Waals surface area contributed by atoms with Gasteiger partial charge in [0.05, 0.1) is 0 Å². The molecule has 0 aliphatic carbocycles. The number of nitrogens with one attached hydrogen (secondary N) is 2. The van der Waals surface area contributed by atoms with Gasteiger partial charge >= 0.3 is 0 Å². The molecule has 0 unspecified atom stereocenters. The molecule has 128 valence electrons. The van der Waals surface area contributed by atoms with Gasteiger partial charge in [0.2, 0.25) is 5.43 Å². The van der Waals surface area contributed by atoms with Gasteiger partial charge < -0.3 is 15.2 Å². The third kappa shape index (κ3) is 3.67. The van der Waals surface area contributed by atoms with Crippen LogP contribution in [0.15, 0.2) is 35.3 Å². The number of amides is 1. The van der Waals surface area contributed by atoms with Gasteiger partial charge in [-0.3, -0.25) is 9.59 Å². The zero-order valence-electron chi connectivity index (χ0n) is 14.3. The van der Waals surface area contributed by atoms with Crippen LogP contribution < -0.4 is 10.7 Å². The summed E-state index contributed by atoms with van der Waals surface area (Å²) in [5.41, 5.74) is 0.700. The summed E-state index contributed by atoms with van der Waals surface area (Å²) < 4.78 is 0. The molecule has 0 saturated carbocycles. The molecule has 2 N–H and O–H groups in total. The predicted octanol–water partition coefficient (Wildman–Crippen LogP) is 2.24. The first kappa shape index (κ1) is 16.7. The third-order valence-electron chi connectivity index (χ3n) is 4.69. The maximum Gasteiger partial charge on any atom is 0.256 e. The SMILES string of the molecule is C[C@@H]1C[C@@H](C)CN(CCNC(=O)c2c[nH]c3ccccc3c2=O)C1. The first-order valence-corrected chi connectivity index (χ1v) is 8.65. The van der Waals surface area contributed by atoms with E-state index >= 15 is 0 Å². The van der Waals surface area contributed by atoms with Crippen LogP contribution in [0, 0.1) is 11.8 Å². The number of nitrogens with zero attached hydrogens (tertiary/aromatic N) is 1. The molecule has 5 nitrogen and oxygen atoms in total. The lowest BCUT2D eigenvalue weighted by Crippen LogP contribution is -2.43. The first-order valence-electron chi connectivity index (χ1n) is 8.65. The van der Waals surface area contributed by atoms with E-state index in [-0.39, 0.29) is 16.9 Å². The lowest BCUT2D eigenvalue weighted by molar-refractivity contribution is 0.0935. The Bertz CT molecular complexity index is 774. The van der Waals surface area contributed by atoms with Gasteiger partial charge in [0, 0.05) is 43.3 Å². The molecule has 0 radical (unpaired) electrons. The quantitative estimate of drug-likeness (QED) is 0.905. The molecule has 0 spiro atoms. The van der Waals surface area contributed by atoms with Crippen LogP contribution in [0.5, 0.6) is 0 Å². The van der Waals surface area contributed by atoms with Crippen LogP contribution in [0.4, 0.5) is 0 Å². The Kier molecular flexibility index (Phi) is 5.00. The number of para-hydroxylation sites is 1. The lowest BCUT2D eigenvalue weighted by atomic mass is 9.92. The van der Waals surface area contributed by atoms with Gasteiger partial charge in [0.25, 0.3) is 5.91 Å². The van der Waals surface area contributed by atoms with Crippen LogP contribution in [-0.2, 0) is 0 Å². The number of aromatic nitrogens is 1. The normalized spacial score (nSPS) is 21.8. The fourth-order valence-corrected chi connectivity index (χ4v) is 3.73. The fraction of sp³-hybridized carbons (Fsp3) is 0.474. The molecule has 1 amide bonds. The molecule has 1 saturated heterocycles. The second-order valence-corrected chi connectivity index (χ2v) is 7.04. The van der Waals surface area contributed by atoms with Crippen molar-refractivity contribution in [2.24, 2.45) is 11.8 Å². The van der Waals surface area contributed by atoms with E-state index in [1.165, 1.54) is 12.6 Å². The molecular weight excluding hydrogens is 302 g/mol. The zero-order valence-corrected chi connectivity index (χ0v) is 14.3. The Morgan fingerprint density at radius 1 is 1.25 bits per heavy atom. The van der Waals surface area contributed by atoms with Crippen LogP contribution in [-0.4, -0.2) is 42.0 Å². The highest BCUT2D eigenvalue weighted by Crippen LogP contribution is 2.20. The van der Waals surface area contributed by atoms with Gasteiger partial charge in [0.15, 0.2) is 0 Å². The number of piperidine rings is 1. The van der Waals surface area contributed by atoms with Crippen LogP contribution in [0.1, 0.15) is 30.6 Å². The molecule has 2 atom stereocenters. The fourth-order valence-electron chi connectivity index (χ4n) is 3.73. The van der Waals surface area contributed by atoms with E-state index < -0.39 is 0 Å². The number of carbonyl (C=O) groups excluding carboxylic acids is 1. The molecule has 2 heterocycles. The minimum absolute atomic E-state index is 0.175. The van der Waals surface area contributed by atoms with Crippen molar-refractivity contribution in [1.82, 2.24) is 15.2 Å². The molecule has 3 rings (SSSR count). The van der Waals surface area contributed by atoms with E-state index in [0.29, 0.717) is 23.8 Å². The highest BCUT2D eigenvalue weighted by Gasteiger charge is 2.21. The van der Waals surface area contributed by atoms with Crippen LogP contribution in [0.2, 0.25) is 0 Å². The number of likely N-dealkylation sites (tertiary alicyclic amines) is 1. The average molecular weight is 327 g/mol. The Morgan fingerprint density at radius 2 is 1.96 bits per heavy atom. The van der Waals surface area contributed by atoms with E-state index in [9.17, 15) is 9.59 Å².